The molecular formula is C10H20BrNO2. The molecule has 0 bridgehead atoms. The summed E-state index contributed by atoms with van der Waals surface area (Å²) in [4.78, 5) is 11.3. The third-order valence-electron chi connectivity index (χ3n) is 1.97. The molecule has 0 rings (SSSR count). The fraction of sp³-hybridized carbons (Fsp3) is 0.900. The van der Waals surface area contributed by atoms with Crippen molar-refractivity contribution in [1.29, 1.82) is 0 Å². The van der Waals surface area contributed by atoms with Crippen LogP contribution in [0.1, 0.15) is 33.6 Å². The fourth-order valence-electron chi connectivity index (χ4n) is 1.05. The van der Waals surface area contributed by atoms with Crippen LogP contribution in [0.15, 0.2) is 0 Å². The maximum Gasteiger partial charge on any atom is 0.234 e. The number of alkyl halides is 1. The SMILES string of the molecule is CCCC(O)CNC(=O)C(Br)C(C)C. The first-order chi connectivity index (χ1) is 6.49. The molecule has 0 spiro atoms. The Morgan fingerprint density at radius 1 is 1.50 bits per heavy atom. The average Bonchev–Trinajstić information content (AvgIpc) is 2.13. The number of aliphatic hydroxyl groups excluding tert-OH is 1. The van der Waals surface area contributed by atoms with Crippen LogP contribution in [0.4, 0.5) is 0 Å². The molecule has 0 aromatic carbocycles. The minimum Gasteiger partial charge on any atom is -0.391 e. The Morgan fingerprint density at radius 2 is 2.07 bits per heavy atom. The van der Waals surface area contributed by atoms with Gasteiger partial charge in [0.2, 0.25) is 5.91 Å². The van der Waals surface area contributed by atoms with Crippen LogP contribution in [0.2, 0.25) is 0 Å². The number of rotatable bonds is 6. The Kier molecular flexibility index (Phi) is 7.19. The van der Waals surface area contributed by atoms with E-state index in [-0.39, 0.29) is 16.7 Å². The lowest BCUT2D eigenvalue weighted by molar-refractivity contribution is -0.121. The highest BCUT2D eigenvalue weighted by Gasteiger charge is 2.18. The highest BCUT2D eigenvalue weighted by molar-refractivity contribution is 9.10. The highest BCUT2D eigenvalue weighted by Crippen LogP contribution is 2.11. The number of carbonyl (C=O) groups excluding carboxylic acids is 1. The van der Waals surface area contributed by atoms with Crippen molar-refractivity contribution >= 4 is 21.8 Å². The number of carbonyl (C=O) groups is 1. The van der Waals surface area contributed by atoms with Crippen LogP contribution in [0.3, 0.4) is 0 Å². The van der Waals surface area contributed by atoms with Crippen LogP contribution >= 0.6 is 15.9 Å². The van der Waals surface area contributed by atoms with E-state index in [2.05, 4.69) is 21.2 Å². The second-order valence-corrected chi connectivity index (χ2v) is 4.82. The van der Waals surface area contributed by atoms with Gasteiger partial charge in [-0.2, -0.15) is 0 Å². The van der Waals surface area contributed by atoms with Gasteiger partial charge >= 0.3 is 0 Å². The number of aliphatic hydroxyl groups is 1. The van der Waals surface area contributed by atoms with Gasteiger partial charge in [-0.05, 0) is 12.3 Å². The van der Waals surface area contributed by atoms with Crippen LogP contribution in [0.5, 0.6) is 0 Å². The predicted molar refractivity (Wildman–Crippen MR) is 61.5 cm³/mol. The number of nitrogens with one attached hydrogen (secondary N) is 1. The molecule has 2 unspecified atom stereocenters. The number of amides is 1. The van der Waals surface area contributed by atoms with Gasteiger partial charge in [0.25, 0.3) is 0 Å². The van der Waals surface area contributed by atoms with E-state index in [1.165, 1.54) is 0 Å². The summed E-state index contributed by atoms with van der Waals surface area (Å²) in [6, 6.07) is 0. The maximum absolute atomic E-state index is 11.4. The van der Waals surface area contributed by atoms with Crippen molar-refractivity contribution < 1.29 is 9.90 Å². The summed E-state index contributed by atoms with van der Waals surface area (Å²) >= 11 is 3.30. The zero-order chi connectivity index (χ0) is 11.1. The molecule has 0 saturated carbocycles. The standard InChI is InChI=1S/C10H20BrNO2/c1-4-5-8(13)6-12-10(14)9(11)7(2)3/h7-9,13H,4-6H2,1-3H3,(H,12,14). The maximum atomic E-state index is 11.4. The second kappa shape index (κ2) is 7.23. The molecule has 14 heavy (non-hydrogen) atoms. The zero-order valence-electron chi connectivity index (χ0n) is 9.09. The Hall–Kier alpha value is -0.0900. The molecule has 0 aliphatic heterocycles. The van der Waals surface area contributed by atoms with Crippen molar-refractivity contribution in [2.24, 2.45) is 5.92 Å². The molecule has 0 aromatic rings. The smallest absolute Gasteiger partial charge is 0.234 e. The molecule has 0 aromatic heterocycles. The lowest BCUT2D eigenvalue weighted by Gasteiger charge is -2.15. The van der Waals surface area contributed by atoms with E-state index in [0.717, 1.165) is 12.8 Å². The van der Waals surface area contributed by atoms with Gasteiger partial charge in [-0.3, -0.25) is 4.79 Å². The lowest BCUT2D eigenvalue weighted by atomic mass is 10.1. The number of hydrogen-bond acceptors (Lipinski definition) is 2. The summed E-state index contributed by atoms with van der Waals surface area (Å²) in [5.74, 6) is 0.216. The van der Waals surface area contributed by atoms with E-state index >= 15 is 0 Å². The van der Waals surface area contributed by atoms with Gasteiger partial charge in [0.1, 0.15) is 0 Å². The molecule has 1 amide bonds. The minimum absolute atomic E-state index is 0.0462. The molecule has 0 radical (unpaired) electrons. The molecule has 0 heterocycles. The van der Waals surface area contributed by atoms with Crippen molar-refractivity contribution in [3.05, 3.63) is 0 Å². The molecule has 0 saturated heterocycles. The third kappa shape index (κ3) is 5.60. The van der Waals surface area contributed by atoms with Crippen molar-refractivity contribution in [3.8, 4) is 0 Å². The predicted octanol–water partition coefficient (Wildman–Crippen LogP) is 1.68. The first-order valence-electron chi connectivity index (χ1n) is 5.08. The van der Waals surface area contributed by atoms with E-state index in [0.29, 0.717) is 6.54 Å². The monoisotopic (exact) mass is 265 g/mol. The van der Waals surface area contributed by atoms with Gasteiger partial charge < -0.3 is 10.4 Å². The fourth-order valence-corrected chi connectivity index (χ4v) is 1.22. The van der Waals surface area contributed by atoms with Crippen LogP contribution < -0.4 is 5.32 Å². The number of halogens is 1. The summed E-state index contributed by atoms with van der Waals surface area (Å²) in [7, 11) is 0. The quantitative estimate of drug-likeness (QED) is 0.719. The normalized spacial score (nSPS) is 15.3. The minimum atomic E-state index is -0.421. The molecule has 0 fully saturated rings. The van der Waals surface area contributed by atoms with Gasteiger partial charge in [-0.25, -0.2) is 0 Å². The summed E-state index contributed by atoms with van der Waals surface area (Å²) in [6.07, 6.45) is 1.24. The Morgan fingerprint density at radius 3 is 2.50 bits per heavy atom. The van der Waals surface area contributed by atoms with Crippen molar-refractivity contribution in [3.63, 3.8) is 0 Å². The van der Waals surface area contributed by atoms with Crippen molar-refractivity contribution in [2.75, 3.05) is 6.54 Å². The first-order valence-corrected chi connectivity index (χ1v) is 6.00. The van der Waals surface area contributed by atoms with Gasteiger partial charge in [0.05, 0.1) is 10.9 Å². The van der Waals surface area contributed by atoms with Gasteiger partial charge in [-0.15, -0.1) is 0 Å². The van der Waals surface area contributed by atoms with Crippen LogP contribution in [0.25, 0.3) is 0 Å². The van der Waals surface area contributed by atoms with Crippen LogP contribution in [-0.2, 0) is 4.79 Å². The summed E-state index contributed by atoms with van der Waals surface area (Å²) in [5, 5.41) is 12.1. The topological polar surface area (TPSA) is 49.3 Å². The third-order valence-corrected chi connectivity index (χ3v) is 3.44. The summed E-state index contributed by atoms with van der Waals surface area (Å²) in [5.41, 5.74) is 0. The van der Waals surface area contributed by atoms with Crippen LogP contribution in [0, 0.1) is 5.92 Å². The summed E-state index contributed by atoms with van der Waals surface area (Å²) in [6.45, 7) is 6.30. The van der Waals surface area contributed by atoms with E-state index in [1.54, 1.807) is 0 Å². The molecule has 2 atom stereocenters. The molecular weight excluding hydrogens is 246 g/mol. The lowest BCUT2D eigenvalue weighted by Crippen LogP contribution is -2.38. The van der Waals surface area contributed by atoms with Gasteiger partial charge in [0, 0.05) is 6.54 Å². The second-order valence-electron chi connectivity index (χ2n) is 3.83. The van der Waals surface area contributed by atoms with Crippen LogP contribution in [-0.4, -0.2) is 28.5 Å². The van der Waals surface area contributed by atoms with E-state index in [4.69, 9.17) is 0 Å². The molecule has 3 nitrogen and oxygen atoms in total. The molecule has 0 aliphatic rings. The Balaban J connectivity index is 3.73. The molecule has 4 heteroatoms. The molecule has 2 N–H and O–H groups in total. The molecule has 0 aliphatic carbocycles. The van der Waals surface area contributed by atoms with E-state index < -0.39 is 6.10 Å². The zero-order valence-corrected chi connectivity index (χ0v) is 10.7. The van der Waals surface area contributed by atoms with E-state index in [1.807, 2.05) is 20.8 Å². The van der Waals surface area contributed by atoms with Gasteiger partial charge in [-0.1, -0.05) is 43.1 Å². The average molecular weight is 266 g/mol. The summed E-state index contributed by atoms with van der Waals surface area (Å²) < 4.78 is 0. The van der Waals surface area contributed by atoms with E-state index in [9.17, 15) is 9.90 Å². The molecule has 84 valence electrons. The van der Waals surface area contributed by atoms with Gasteiger partial charge in [0.15, 0.2) is 0 Å². The van der Waals surface area contributed by atoms with Crippen molar-refractivity contribution in [1.82, 2.24) is 5.32 Å². The van der Waals surface area contributed by atoms with Crippen molar-refractivity contribution in [2.45, 2.75) is 44.5 Å². The first kappa shape index (κ1) is 13.9. The Bertz CT molecular complexity index is 174. The Labute approximate surface area is 94.4 Å². The number of hydrogen-bond donors (Lipinski definition) is 2. The highest BCUT2D eigenvalue weighted by atomic mass is 79.9. The largest absolute Gasteiger partial charge is 0.391 e.